The Morgan fingerprint density at radius 1 is 1.40 bits per heavy atom. The Kier molecular flexibility index (Phi) is 5.23. The molecule has 1 aromatic carbocycles. The van der Waals surface area contributed by atoms with E-state index in [9.17, 15) is 13.6 Å². The number of nitrogens with one attached hydrogen (secondary N) is 2. The molecule has 1 aliphatic heterocycles. The van der Waals surface area contributed by atoms with Crippen LogP contribution in [0.4, 0.5) is 8.78 Å². The summed E-state index contributed by atoms with van der Waals surface area (Å²) in [6.07, 6.45) is 6.27. The summed E-state index contributed by atoms with van der Waals surface area (Å²) in [6, 6.07) is 5.27. The van der Waals surface area contributed by atoms with Crippen LogP contribution in [0.25, 0.3) is 6.08 Å². The fourth-order valence-electron chi connectivity index (χ4n) is 3.03. The third kappa shape index (κ3) is 4.11. The number of aromatic nitrogens is 2. The van der Waals surface area contributed by atoms with Crippen molar-refractivity contribution in [1.82, 2.24) is 20.4 Å². The Balaban J connectivity index is 1.63. The Morgan fingerprint density at radius 3 is 2.96 bits per heavy atom. The van der Waals surface area contributed by atoms with Crippen LogP contribution in [0.15, 0.2) is 36.5 Å². The molecule has 0 aliphatic carbocycles. The zero-order valence-corrected chi connectivity index (χ0v) is 13.9. The summed E-state index contributed by atoms with van der Waals surface area (Å²) in [5.41, 5.74) is 1.27. The average molecular weight is 346 g/mol. The number of aryl methyl sites for hydroxylation is 1. The van der Waals surface area contributed by atoms with E-state index in [1.165, 1.54) is 12.1 Å². The van der Waals surface area contributed by atoms with E-state index < -0.39 is 11.6 Å². The van der Waals surface area contributed by atoms with Crippen molar-refractivity contribution in [2.75, 3.05) is 6.54 Å². The number of rotatable bonds is 5. The molecule has 0 unspecified atom stereocenters. The molecule has 132 valence electrons. The molecule has 2 aromatic rings. The summed E-state index contributed by atoms with van der Waals surface area (Å²) < 4.78 is 28.2. The van der Waals surface area contributed by atoms with Crippen molar-refractivity contribution >= 4 is 12.0 Å². The number of hydrogen-bond acceptors (Lipinski definition) is 3. The highest BCUT2D eigenvalue weighted by Gasteiger charge is 2.30. The van der Waals surface area contributed by atoms with Crippen LogP contribution in [0.3, 0.4) is 0 Å². The SMILES string of the molecule is Cn1nccc1[C@@H]1NC(=O)CC[C@H]1NC/C=C/c1ccc(F)cc1F. The van der Waals surface area contributed by atoms with Crippen LogP contribution in [-0.4, -0.2) is 28.3 Å². The van der Waals surface area contributed by atoms with Crippen molar-refractivity contribution in [3.63, 3.8) is 0 Å². The van der Waals surface area contributed by atoms with E-state index in [1.807, 2.05) is 13.1 Å². The molecule has 0 bridgehead atoms. The second-order valence-corrected chi connectivity index (χ2v) is 6.05. The number of benzene rings is 1. The molecule has 0 spiro atoms. The zero-order valence-electron chi connectivity index (χ0n) is 13.9. The molecule has 1 saturated heterocycles. The summed E-state index contributed by atoms with van der Waals surface area (Å²) in [5, 5.41) is 10.5. The fraction of sp³-hybridized carbons (Fsp3) is 0.333. The molecule has 1 amide bonds. The first-order valence-electron chi connectivity index (χ1n) is 8.17. The summed E-state index contributed by atoms with van der Waals surface area (Å²) >= 11 is 0. The van der Waals surface area contributed by atoms with Crippen LogP contribution in [0.1, 0.15) is 30.1 Å². The predicted octanol–water partition coefficient (Wildman–Crippen LogP) is 2.32. The van der Waals surface area contributed by atoms with Crippen molar-refractivity contribution in [2.45, 2.75) is 24.9 Å². The molecule has 7 heteroatoms. The Hall–Kier alpha value is -2.54. The molecule has 1 aliphatic rings. The van der Waals surface area contributed by atoms with Gasteiger partial charge in [0.15, 0.2) is 0 Å². The number of carbonyl (C=O) groups is 1. The van der Waals surface area contributed by atoms with Crippen molar-refractivity contribution in [1.29, 1.82) is 0 Å². The van der Waals surface area contributed by atoms with Crippen molar-refractivity contribution in [3.05, 3.63) is 59.4 Å². The van der Waals surface area contributed by atoms with Gasteiger partial charge in [-0.3, -0.25) is 9.48 Å². The second-order valence-electron chi connectivity index (χ2n) is 6.05. The molecule has 1 fully saturated rings. The van der Waals surface area contributed by atoms with Crippen LogP contribution in [0, 0.1) is 11.6 Å². The van der Waals surface area contributed by atoms with Gasteiger partial charge >= 0.3 is 0 Å². The van der Waals surface area contributed by atoms with E-state index in [4.69, 9.17) is 0 Å². The maximum atomic E-state index is 13.6. The molecule has 1 aromatic heterocycles. The number of hydrogen-bond donors (Lipinski definition) is 2. The normalized spacial score (nSPS) is 20.8. The molecule has 25 heavy (non-hydrogen) atoms. The summed E-state index contributed by atoms with van der Waals surface area (Å²) in [5.74, 6) is -1.16. The predicted molar refractivity (Wildman–Crippen MR) is 90.5 cm³/mol. The van der Waals surface area contributed by atoms with Gasteiger partial charge in [0, 0.05) is 43.9 Å². The molecule has 2 atom stereocenters. The monoisotopic (exact) mass is 346 g/mol. The standard InChI is InChI=1S/C18H20F2N4O/c1-24-16(8-10-22-24)18-15(6-7-17(25)23-18)21-9-2-3-12-4-5-13(19)11-14(12)20/h2-5,8,10-11,15,18,21H,6-7,9H2,1H3,(H,23,25)/b3-2+/t15-,18-/m1/s1. The lowest BCUT2D eigenvalue weighted by Crippen LogP contribution is -2.49. The Morgan fingerprint density at radius 2 is 2.24 bits per heavy atom. The van der Waals surface area contributed by atoms with Crippen LogP contribution < -0.4 is 10.6 Å². The largest absolute Gasteiger partial charge is 0.346 e. The minimum Gasteiger partial charge on any atom is -0.346 e. The van der Waals surface area contributed by atoms with Crippen LogP contribution in [0.5, 0.6) is 0 Å². The molecule has 3 rings (SSSR count). The smallest absolute Gasteiger partial charge is 0.220 e. The van der Waals surface area contributed by atoms with E-state index in [0.717, 1.165) is 11.8 Å². The minimum atomic E-state index is -0.593. The van der Waals surface area contributed by atoms with Crippen molar-refractivity contribution in [2.24, 2.45) is 7.05 Å². The highest BCUT2D eigenvalue weighted by Crippen LogP contribution is 2.23. The Bertz CT molecular complexity index is 787. The molecular weight excluding hydrogens is 326 g/mol. The number of halogens is 2. The van der Waals surface area contributed by atoms with E-state index in [2.05, 4.69) is 15.7 Å². The summed E-state index contributed by atoms with van der Waals surface area (Å²) in [7, 11) is 1.84. The molecule has 5 nitrogen and oxygen atoms in total. The van der Waals surface area contributed by atoms with Gasteiger partial charge in [0.25, 0.3) is 0 Å². The van der Waals surface area contributed by atoms with E-state index in [0.29, 0.717) is 24.9 Å². The Labute approximate surface area is 144 Å². The first-order chi connectivity index (χ1) is 12.0. The summed E-state index contributed by atoms with van der Waals surface area (Å²) in [4.78, 5) is 11.8. The minimum absolute atomic E-state index is 0.0215. The summed E-state index contributed by atoms with van der Waals surface area (Å²) in [6.45, 7) is 0.506. The topological polar surface area (TPSA) is 59.0 Å². The molecule has 2 N–H and O–H groups in total. The molecule has 0 radical (unpaired) electrons. The number of carbonyl (C=O) groups excluding carboxylic acids is 1. The third-order valence-electron chi connectivity index (χ3n) is 4.34. The van der Waals surface area contributed by atoms with Gasteiger partial charge < -0.3 is 10.6 Å². The van der Waals surface area contributed by atoms with Gasteiger partial charge in [-0.1, -0.05) is 12.2 Å². The molecular formula is C18H20F2N4O. The molecule has 0 saturated carbocycles. The maximum Gasteiger partial charge on any atom is 0.220 e. The highest BCUT2D eigenvalue weighted by atomic mass is 19.1. The maximum absolute atomic E-state index is 13.6. The number of piperidine rings is 1. The number of amides is 1. The first kappa shape index (κ1) is 17.3. The van der Waals surface area contributed by atoms with E-state index >= 15 is 0 Å². The molecule has 2 heterocycles. The van der Waals surface area contributed by atoms with Gasteiger partial charge in [-0.15, -0.1) is 0 Å². The highest BCUT2D eigenvalue weighted by molar-refractivity contribution is 5.77. The van der Waals surface area contributed by atoms with Crippen LogP contribution in [-0.2, 0) is 11.8 Å². The van der Waals surface area contributed by atoms with Crippen molar-refractivity contribution in [3.8, 4) is 0 Å². The zero-order chi connectivity index (χ0) is 17.8. The lowest BCUT2D eigenvalue weighted by atomic mass is 9.95. The van der Waals surface area contributed by atoms with Gasteiger partial charge in [0.1, 0.15) is 11.6 Å². The first-order valence-corrected chi connectivity index (χ1v) is 8.17. The third-order valence-corrected chi connectivity index (χ3v) is 4.34. The van der Waals surface area contributed by atoms with E-state index in [1.54, 1.807) is 23.0 Å². The lowest BCUT2D eigenvalue weighted by molar-refractivity contribution is -0.124. The second kappa shape index (κ2) is 7.57. The van der Waals surface area contributed by atoms with Crippen molar-refractivity contribution < 1.29 is 13.6 Å². The van der Waals surface area contributed by atoms with Crippen LogP contribution in [0.2, 0.25) is 0 Å². The van der Waals surface area contributed by atoms with Gasteiger partial charge in [-0.25, -0.2) is 8.78 Å². The number of nitrogens with zero attached hydrogens (tertiary/aromatic N) is 2. The van der Waals surface area contributed by atoms with E-state index in [-0.39, 0.29) is 18.0 Å². The quantitative estimate of drug-likeness (QED) is 0.874. The van der Waals surface area contributed by atoms with Crippen LogP contribution >= 0.6 is 0 Å². The van der Waals surface area contributed by atoms with Gasteiger partial charge in [-0.2, -0.15) is 5.10 Å². The van der Waals surface area contributed by atoms with Gasteiger partial charge in [0.05, 0.1) is 11.7 Å². The van der Waals surface area contributed by atoms with Gasteiger partial charge in [-0.05, 0) is 24.6 Å². The fourth-order valence-corrected chi connectivity index (χ4v) is 3.03. The van der Waals surface area contributed by atoms with Gasteiger partial charge in [0.2, 0.25) is 5.91 Å². The lowest BCUT2D eigenvalue weighted by Gasteiger charge is -2.32. The average Bonchev–Trinajstić information content (AvgIpc) is 3.00.